The van der Waals surface area contributed by atoms with Crippen molar-refractivity contribution in [2.45, 2.75) is 85.1 Å². The third-order valence-electron chi connectivity index (χ3n) is 6.94. The van der Waals surface area contributed by atoms with Crippen molar-refractivity contribution in [3.05, 3.63) is 38.2 Å². The summed E-state index contributed by atoms with van der Waals surface area (Å²) in [5.74, 6) is 0.0571. The van der Waals surface area contributed by atoms with Crippen LogP contribution in [0.25, 0.3) is 11.0 Å². The van der Waals surface area contributed by atoms with Crippen molar-refractivity contribution < 1.29 is 9.53 Å². The molecule has 1 N–H and O–H groups in total. The van der Waals surface area contributed by atoms with E-state index in [9.17, 15) is 14.4 Å². The van der Waals surface area contributed by atoms with Crippen LogP contribution in [0.15, 0.2) is 15.7 Å². The first-order valence-electron chi connectivity index (χ1n) is 12.9. The third-order valence-corrected chi connectivity index (χ3v) is 6.94. The molecule has 2 aromatic rings. The van der Waals surface area contributed by atoms with Crippen LogP contribution in [0, 0.1) is 5.92 Å². The van der Waals surface area contributed by atoms with Gasteiger partial charge in [-0.05, 0) is 44.6 Å². The van der Waals surface area contributed by atoms with E-state index >= 15 is 0 Å². The molecule has 0 saturated carbocycles. The highest BCUT2D eigenvalue weighted by Crippen LogP contribution is 2.26. The standard InChI is InChI=1S/C26H39N5O4/c1-15(2)11-31-23-22(24(32)28-26(31)34)20(10-21(27-23)16(3)4)25(33)30-9-7-8-19(30)14-29-12-17(5)35-18(6)13-29/h10,15-19H,7-9,11-14H2,1-6H3,(H,28,32,34). The van der Waals surface area contributed by atoms with Crippen molar-refractivity contribution in [3.8, 4) is 0 Å². The number of hydrogen-bond acceptors (Lipinski definition) is 6. The number of fused-ring (bicyclic) bond motifs is 1. The fourth-order valence-electron chi connectivity index (χ4n) is 5.47. The van der Waals surface area contributed by atoms with Crippen LogP contribution in [-0.4, -0.2) is 74.7 Å². The number of morpholine rings is 1. The van der Waals surface area contributed by atoms with Crippen LogP contribution in [0.1, 0.15) is 76.4 Å². The Morgan fingerprint density at radius 3 is 2.49 bits per heavy atom. The van der Waals surface area contributed by atoms with E-state index in [1.165, 1.54) is 4.57 Å². The molecule has 3 unspecified atom stereocenters. The van der Waals surface area contributed by atoms with Crippen LogP contribution in [-0.2, 0) is 11.3 Å². The highest BCUT2D eigenvalue weighted by molar-refractivity contribution is 6.05. The molecular formula is C26H39N5O4. The van der Waals surface area contributed by atoms with Crippen molar-refractivity contribution in [2.75, 3.05) is 26.2 Å². The van der Waals surface area contributed by atoms with Crippen LogP contribution in [0.4, 0.5) is 0 Å². The van der Waals surface area contributed by atoms with Gasteiger partial charge in [0.2, 0.25) is 0 Å². The largest absolute Gasteiger partial charge is 0.373 e. The fraction of sp³-hybridized carbons (Fsp3) is 0.692. The Morgan fingerprint density at radius 2 is 1.86 bits per heavy atom. The monoisotopic (exact) mass is 485 g/mol. The normalized spacial score (nSPS) is 23.7. The van der Waals surface area contributed by atoms with E-state index < -0.39 is 11.2 Å². The molecule has 0 aromatic carbocycles. The summed E-state index contributed by atoms with van der Waals surface area (Å²) in [6, 6.07) is 1.83. The zero-order valence-electron chi connectivity index (χ0n) is 21.8. The van der Waals surface area contributed by atoms with Gasteiger partial charge >= 0.3 is 5.69 Å². The van der Waals surface area contributed by atoms with E-state index in [1.807, 2.05) is 32.6 Å². The maximum absolute atomic E-state index is 14.0. The second-order valence-corrected chi connectivity index (χ2v) is 11.0. The summed E-state index contributed by atoms with van der Waals surface area (Å²) in [6.45, 7) is 15.7. The summed E-state index contributed by atoms with van der Waals surface area (Å²) in [7, 11) is 0. The van der Waals surface area contributed by atoms with Crippen molar-refractivity contribution in [1.82, 2.24) is 24.3 Å². The lowest BCUT2D eigenvalue weighted by Gasteiger charge is -2.38. The Labute approximate surface area is 206 Å². The number of carbonyl (C=O) groups excluding carboxylic acids is 1. The fourth-order valence-corrected chi connectivity index (χ4v) is 5.47. The minimum absolute atomic E-state index is 0.0403. The van der Waals surface area contributed by atoms with Gasteiger partial charge in [0.1, 0.15) is 0 Å². The molecule has 9 nitrogen and oxygen atoms in total. The van der Waals surface area contributed by atoms with E-state index in [0.717, 1.165) is 32.5 Å². The predicted octanol–water partition coefficient (Wildman–Crippen LogP) is 2.58. The number of nitrogens with one attached hydrogen (secondary N) is 1. The number of nitrogens with zero attached hydrogens (tertiary/aromatic N) is 4. The first-order valence-corrected chi connectivity index (χ1v) is 12.9. The molecule has 192 valence electrons. The summed E-state index contributed by atoms with van der Waals surface area (Å²) in [6.07, 6.45) is 2.19. The summed E-state index contributed by atoms with van der Waals surface area (Å²) >= 11 is 0. The molecule has 0 radical (unpaired) electrons. The number of hydrogen-bond donors (Lipinski definition) is 1. The molecule has 2 saturated heterocycles. The Balaban J connectivity index is 1.76. The molecule has 9 heteroatoms. The van der Waals surface area contributed by atoms with Crippen molar-refractivity contribution in [2.24, 2.45) is 5.92 Å². The Morgan fingerprint density at radius 1 is 1.17 bits per heavy atom. The molecule has 2 aromatic heterocycles. The van der Waals surface area contributed by atoms with Gasteiger partial charge in [-0.3, -0.25) is 24.0 Å². The second kappa shape index (κ2) is 10.2. The predicted molar refractivity (Wildman–Crippen MR) is 136 cm³/mol. The van der Waals surface area contributed by atoms with Crippen molar-refractivity contribution in [1.29, 1.82) is 0 Å². The number of rotatable bonds is 6. The molecule has 0 aliphatic carbocycles. The van der Waals surface area contributed by atoms with Gasteiger partial charge in [0, 0.05) is 44.5 Å². The number of carbonyl (C=O) groups is 1. The van der Waals surface area contributed by atoms with E-state index in [4.69, 9.17) is 9.72 Å². The van der Waals surface area contributed by atoms with Gasteiger partial charge in [0.15, 0.2) is 5.65 Å². The number of aromatic amines is 1. The van der Waals surface area contributed by atoms with Crippen LogP contribution >= 0.6 is 0 Å². The maximum atomic E-state index is 14.0. The van der Waals surface area contributed by atoms with Crippen LogP contribution in [0.3, 0.4) is 0 Å². The summed E-state index contributed by atoms with van der Waals surface area (Å²) in [5, 5.41) is 0.207. The quantitative estimate of drug-likeness (QED) is 0.675. The van der Waals surface area contributed by atoms with Gasteiger partial charge in [-0.15, -0.1) is 0 Å². The van der Waals surface area contributed by atoms with E-state index in [0.29, 0.717) is 30.0 Å². The molecule has 4 rings (SSSR count). The average molecular weight is 486 g/mol. The molecule has 0 spiro atoms. The highest BCUT2D eigenvalue weighted by Gasteiger charge is 2.34. The average Bonchev–Trinajstić information content (AvgIpc) is 3.22. The molecular weight excluding hydrogens is 446 g/mol. The van der Waals surface area contributed by atoms with Crippen LogP contribution in [0.5, 0.6) is 0 Å². The van der Waals surface area contributed by atoms with Gasteiger partial charge in [-0.1, -0.05) is 27.7 Å². The van der Waals surface area contributed by atoms with Crippen LogP contribution in [0.2, 0.25) is 0 Å². The Hall–Kier alpha value is -2.52. The summed E-state index contributed by atoms with van der Waals surface area (Å²) < 4.78 is 7.38. The summed E-state index contributed by atoms with van der Waals surface area (Å²) in [5.41, 5.74) is 0.303. The van der Waals surface area contributed by atoms with Crippen LogP contribution < -0.4 is 11.2 Å². The third kappa shape index (κ3) is 5.35. The first-order chi connectivity index (χ1) is 16.5. The Bertz CT molecular complexity index is 1190. The summed E-state index contributed by atoms with van der Waals surface area (Å²) in [4.78, 5) is 51.1. The van der Waals surface area contributed by atoms with E-state index in [-0.39, 0.29) is 41.4 Å². The molecule has 3 atom stereocenters. The van der Waals surface area contributed by atoms with E-state index in [2.05, 4.69) is 23.7 Å². The minimum atomic E-state index is -0.553. The van der Waals surface area contributed by atoms with Crippen molar-refractivity contribution >= 4 is 16.9 Å². The zero-order valence-corrected chi connectivity index (χ0v) is 21.8. The second-order valence-electron chi connectivity index (χ2n) is 11.0. The molecule has 4 heterocycles. The lowest BCUT2D eigenvalue weighted by molar-refractivity contribution is -0.0715. The van der Waals surface area contributed by atoms with Crippen molar-refractivity contribution in [3.63, 3.8) is 0 Å². The molecule has 2 fully saturated rings. The SMILES string of the molecule is CC(C)Cn1c(=O)[nH]c(=O)c2c(C(=O)N3CCCC3CN3CC(C)OC(C)C3)cc(C(C)C)nc21. The number of ether oxygens (including phenoxy) is 1. The van der Waals surface area contributed by atoms with Gasteiger partial charge in [0.25, 0.3) is 11.5 Å². The molecule has 2 aliphatic heterocycles. The number of H-pyrrole nitrogens is 1. The van der Waals surface area contributed by atoms with E-state index in [1.54, 1.807) is 6.07 Å². The molecule has 1 amide bonds. The topological polar surface area (TPSA) is 101 Å². The van der Waals surface area contributed by atoms with Gasteiger partial charge in [-0.25, -0.2) is 9.78 Å². The minimum Gasteiger partial charge on any atom is -0.373 e. The highest BCUT2D eigenvalue weighted by atomic mass is 16.5. The lowest BCUT2D eigenvalue weighted by atomic mass is 10.0. The maximum Gasteiger partial charge on any atom is 0.330 e. The lowest BCUT2D eigenvalue weighted by Crippen LogP contribution is -2.51. The zero-order chi connectivity index (χ0) is 25.4. The number of aromatic nitrogens is 3. The first kappa shape index (κ1) is 25.6. The molecule has 0 bridgehead atoms. The van der Waals surface area contributed by atoms with Gasteiger partial charge < -0.3 is 9.64 Å². The molecule has 35 heavy (non-hydrogen) atoms. The number of amides is 1. The molecule has 2 aliphatic rings. The van der Waals surface area contributed by atoms with Gasteiger partial charge in [0.05, 0.1) is 23.2 Å². The number of pyridine rings is 1. The smallest absolute Gasteiger partial charge is 0.330 e. The Kier molecular flexibility index (Phi) is 7.47. The van der Waals surface area contributed by atoms with Gasteiger partial charge in [-0.2, -0.15) is 0 Å². The number of likely N-dealkylation sites (tertiary alicyclic amines) is 1.